The van der Waals surface area contributed by atoms with Gasteiger partial charge in [-0.25, -0.2) is 0 Å². The number of hydrogen-bond donors (Lipinski definition) is 2. The number of aromatic nitrogens is 2. The number of amides is 1. The van der Waals surface area contributed by atoms with Gasteiger partial charge in [0, 0.05) is 17.2 Å². The minimum Gasteiger partial charge on any atom is -0.459 e. The van der Waals surface area contributed by atoms with Gasteiger partial charge in [0.15, 0.2) is 11.6 Å². The van der Waals surface area contributed by atoms with Gasteiger partial charge in [0.05, 0.1) is 6.26 Å². The van der Waals surface area contributed by atoms with E-state index in [2.05, 4.69) is 36.3 Å². The largest absolute Gasteiger partial charge is 0.459 e. The molecule has 0 aliphatic heterocycles. The molecule has 0 aliphatic rings. The second-order valence-corrected chi connectivity index (χ2v) is 4.85. The van der Waals surface area contributed by atoms with Crippen LogP contribution in [0.25, 0.3) is 0 Å². The van der Waals surface area contributed by atoms with E-state index in [1.165, 1.54) is 6.26 Å². The number of nitrogens with zero attached hydrogens (tertiary/aromatic N) is 1. The number of H-pyrrole nitrogens is 1. The van der Waals surface area contributed by atoms with Crippen molar-refractivity contribution < 1.29 is 9.21 Å². The van der Waals surface area contributed by atoms with Gasteiger partial charge < -0.3 is 9.73 Å². The number of furan rings is 1. The van der Waals surface area contributed by atoms with Crippen LogP contribution >= 0.6 is 0 Å². The average molecular weight is 233 g/mol. The molecule has 0 atom stereocenters. The number of anilines is 1. The number of rotatable bonds is 2. The molecule has 2 rings (SSSR count). The van der Waals surface area contributed by atoms with Crippen molar-refractivity contribution >= 4 is 11.7 Å². The first-order valence-corrected chi connectivity index (χ1v) is 5.37. The van der Waals surface area contributed by atoms with Gasteiger partial charge in [-0.05, 0) is 12.1 Å². The van der Waals surface area contributed by atoms with Gasteiger partial charge in [0.1, 0.15) is 0 Å². The third-order valence-corrected chi connectivity index (χ3v) is 2.37. The number of carbonyl (C=O) groups excluding carboxylic acids is 1. The van der Waals surface area contributed by atoms with Crippen molar-refractivity contribution in [1.29, 1.82) is 0 Å². The summed E-state index contributed by atoms with van der Waals surface area (Å²) in [5.41, 5.74) is 0.938. The smallest absolute Gasteiger partial charge is 0.292 e. The lowest BCUT2D eigenvalue weighted by Gasteiger charge is -2.14. The summed E-state index contributed by atoms with van der Waals surface area (Å²) in [7, 11) is 0. The van der Waals surface area contributed by atoms with E-state index >= 15 is 0 Å². The van der Waals surface area contributed by atoms with Gasteiger partial charge in [-0.2, -0.15) is 5.10 Å². The Kier molecular flexibility index (Phi) is 2.75. The van der Waals surface area contributed by atoms with Crippen LogP contribution in [0, 0.1) is 0 Å². The molecular weight excluding hydrogens is 218 g/mol. The van der Waals surface area contributed by atoms with E-state index in [-0.39, 0.29) is 17.1 Å². The zero-order valence-electron chi connectivity index (χ0n) is 10.1. The molecule has 2 N–H and O–H groups in total. The first-order valence-electron chi connectivity index (χ1n) is 5.37. The van der Waals surface area contributed by atoms with Gasteiger partial charge in [-0.15, -0.1) is 0 Å². The molecule has 0 aromatic carbocycles. The molecule has 0 saturated heterocycles. The molecule has 5 heteroatoms. The Morgan fingerprint density at radius 2 is 2.24 bits per heavy atom. The summed E-state index contributed by atoms with van der Waals surface area (Å²) < 4.78 is 4.99. The Hall–Kier alpha value is -2.04. The molecule has 0 spiro atoms. The van der Waals surface area contributed by atoms with Crippen LogP contribution in [0.4, 0.5) is 5.82 Å². The van der Waals surface area contributed by atoms with Crippen LogP contribution in [0.15, 0.2) is 28.9 Å². The van der Waals surface area contributed by atoms with E-state index in [0.717, 1.165) is 5.69 Å². The molecule has 0 fully saturated rings. The molecule has 2 aromatic heterocycles. The zero-order valence-corrected chi connectivity index (χ0v) is 10.1. The van der Waals surface area contributed by atoms with Crippen LogP contribution in [0.2, 0.25) is 0 Å². The first kappa shape index (κ1) is 11.4. The summed E-state index contributed by atoms with van der Waals surface area (Å²) >= 11 is 0. The fraction of sp³-hybridized carbons (Fsp3) is 0.333. The van der Waals surface area contributed by atoms with E-state index in [4.69, 9.17) is 4.42 Å². The lowest BCUT2D eigenvalue weighted by atomic mass is 9.92. The number of carbonyl (C=O) groups is 1. The van der Waals surface area contributed by atoms with Crippen LogP contribution < -0.4 is 5.32 Å². The molecule has 2 heterocycles. The Bertz CT molecular complexity index is 506. The molecule has 1 amide bonds. The predicted molar refractivity (Wildman–Crippen MR) is 63.9 cm³/mol. The van der Waals surface area contributed by atoms with Crippen LogP contribution in [-0.2, 0) is 5.41 Å². The molecule has 0 bridgehead atoms. The molecular formula is C12H15N3O2. The monoisotopic (exact) mass is 233 g/mol. The SMILES string of the molecule is CC(C)(C)c1cc(NC(=O)c2ccco2)n[nH]1. The van der Waals surface area contributed by atoms with Crippen molar-refractivity contribution in [3.05, 3.63) is 35.9 Å². The number of nitrogens with one attached hydrogen (secondary N) is 2. The average Bonchev–Trinajstić information content (AvgIpc) is 2.85. The molecule has 2 aromatic rings. The van der Waals surface area contributed by atoms with Crippen molar-refractivity contribution in [2.24, 2.45) is 0 Å². The highest BCUT2D eigenvalue weighted by atomic mass is 16.3. The Morgan fingerprint density at radius 1 is 1.47 bits per heavy atom. The van der Waals surface area contributed by atoms with Crippen molar-refractivity contribution in [3.8, 4) is 0 Å². The molecule has 17 heavy (non-hydrogen) atoms. The molecule has 5 nitrogen and oxygen atoms in total. The van der Waals surface area contributed by atoms with Crippen LogP contribution in [0.3, 0.4) is 0 Å². The lowest BCUT2D eigenvalue weighted by molar-refractivity contribution is 0.0996. The molecule has 0 aliphatic carbocycles. The fourth-order valence-corrected chi connectivity index (χ4v) is 1.36. The summed E-state index contributed by atoms with van der Waals surface area (Å²) in [5.74, 6) is 0.462. The normalized spacial score (nSPS) is 11.5. The molecule has 0 radical (unpaired) electrons. The van der Waals surface area contributed by atoms with Crippen molar-refractivity contribution in [2.75, 3.05) is 5.32 Å². The van der Waals surface area contributed by atoms with Gasteiger partial charge in [0.2, 0.25) is 0 Å². The summed E-state index contributed by atoms with van der Waals surface area (Å²) in [6.45, 7) is 6.20. The number of aromatic amines is 1. The van der Waals surface area contributed by atoms with Crippen molar-refractivity contribution in [3.63, 3.8) is 0 Å². The first-order chi connectivity index (χ1) is 7.97. The molecule has 0 saturated carbocycles. The van der Waals surface area contributed by atoms with Gasteiger partial charge in [0.25, 0.3) is 5.91 Å². The van der Waals surface area contributed by atoms with Crippen LogP contribution in [0.5, 0.6) is 0 Å². The molecule has 90 valence electrons. The van der Waals surface area contributed by atoms with Crippen molar-refractivity contribution in [2.45, 2.75) is 26.2 Å². The maximum atomic E-state index is 11.7. The third-order valence-electron chi connectivity index (χ3n) is 2.37. The van der Waals surface area contributed by atoms with Gasteiger partial charge >= 0.3 is 0 Å². The second-order valence-electron chi connectivity index (χ2n) is 4.85. The topological polar surface area (TPSA) is 70.9 Å². The second kappa shape index (κ2) is 4.08. The maximum absolute atomic E-state index is 11.7. The van der Waals surface area contributed by atoms with Crippen molar-refractivity contribution in [1.82, 2.24) is 10.2 Å². The Balaban J connectivity index is 2.10. The summed E-state index contributed by atoms with van der Waals surface area (Å²) in [5, 5.41) is 9.60. The van der Waals surface area contributed by atoms with Crippen LogP contribution in [-0.4, -0.2) is 16.1 Å². The van der Waals surface area contributed by atoms with Crippen LogP contribution in [0.1, 0.15) is 37.0 Å². The van der Waals surface area contributed by atoms with E-state index in [1.807, 2.05) is 6.07 Å². The summed E-state index contributed by atoms with van der Waals surface area (Å²) in [4.78, 5) is 11.7. The maximum Gasteiger partial charge on any atom is 0.292 e. The third kappa shape index (κ3) is 2.55. The lowest BCUT2D eigenvalue weighted by Crippen LogP contribution is -2.12. The minimum absolute atomic E-state index is 0.0271. The highest BCUT2D eigenvalue weighted by Gasteiger charge is 2.18. The predicted octanol–water partition coefficient (Wildman–Crippen LogP) is 2.55. The number of hydrogen-bond acceptors (Lipinski definition) is 3. The van der Waals surface area contributed by atoms with E-state index in [9.17, 15) is 4.79 Å². The van der Waals surface area contributed by atoms with Gasteiger partial charge in [-0.1, -0.05) is 20.8 Å². The zero-order chi connectivity index (χ0) is 12.5. The van der Waals surface area contributed by atoms with Gasteiger partial charge in [-0.3, -0.25) is 9.89 Å². The van der Waals surface area contributed by atoms with E-state index in [0.29, 0.717) is 5.82 Å². The fourth-order valence-electron chi connectivity index (χ4n) is 1.36. The Morgan fingerprint density at radius 3 is 2.76 bits per heavy atom. The summed E-state index contributed by atoms with van der Waals surface area (Å²) in [6, 6.07) is 5.09. The standard InChI is InChI=1S/C12H15N3O2/c1-12(2,3)9-7-10(15-14-9)13-11(16)8-5-4-6-17-8/h4-7H,1-3H3,(H2,13,14,15,16). The minimum atomic E-state index is -0.304. The highest BCUT2D eigenvalue weighted by molar-refractivity contribution is 6.01. The molecule has 0 unspecified atom stereocenters. The Labute approximate surface area is 99.2 Å². The summed E-state index contributed by atoms with van der Waals surface area (Å²) in [6.07, 6.45) is 1.46. The van der Waals surface area contributed by atoms with E-state index < -0.39 is 0 Å². The quantitative estimate of drug-likeness (QED) is 0.837. The van der Waals surface area contributed by atoms with E-state index in [1.54, 1.807) is 12.1 Å². The highest BCUT2D eigenvalue weighted by Crippen LogP contribution is 2.22.